The summed E-state index contributed by atoms with van der Waals surface area (Å²) in [5.41, 5.74) is 3.34. The molecule has 4 heteroatoms. The molecule has 1 aromatic heterocycles. The number of H-pyrrole nitrogens is 1. The van der Waals surface area contributed by atoms with E-state index in [-0.39, 0.29) is 5.56 Å². The highest BCUT2D eigenvalue weighted by Gasteiger charge is 2.06. The molecule has 0 aliphatic rings. The molecule has 0 fully saturated rings. The van der Waals surface area contributed by atoms with Gasteiger partial charge < -0.3 is 4.74 Å². The largest absolute Gasteiger partial charge is 0.497 e. The molecule has 0 atom stereocenters. The fourth-order valence-electron chi connectivity index (χ4n) is 2.30. The minimum absolute atomic E-state index is 0.157. The minimum Gasteiger partial charge on any atom is -0.497 e. The van der Waals surface area contributed by atoms with Gasteiger partial charge in [-0.15, -0.1) is 0 Å². The number of hydrogen-bond acceptors (Lipinski definition) is 3. The van der Waals surface area contributed by atoms with Crippen LogP contribution in [0.3, 0.4) is 0 Å². The highest BCUT2D eigenvalue weighted by atomic mass is 16.5. The van der Waals surface area contributed by atoms with Crippen LogP contribution in [0.15, 0.2) is 65.5 Å². The molecule has 1 heterocycles. The van der Waals surface area contributed by atoms with Crippen LogP contribution in [-0.4, -0.2) is 17.3 Å². The number of aromatic amines is 1. The van der Waals surface area contributed by atoms with Crippen molar-refractivity contribution in [2.45, 2.75) is 6.42 Å². The summed E-state index contributed by atoms with van der Waals surface area (Å²) in [5, 5.41) is 6.70. The molecular formula is C18H16N2O2. The highest BCUT2D eigenvalue weighted by molar-refractivity contribution is 5.58. The standard InChI is InChI=1S/C18H16N2O2/c1-22-16-9-7-13(8-10-16)11-15-12-17(19-20-18(15)21)14-5-3-2-4-6-14/h2-10,12H,11H2,1H3,(H,20,21). The van der Waals surface area contributed by atoms with Gasteiger partial charge in [-0.3, -0.25) is 4.79 Å². The predicted molar refractivity (Wildman–Crippen MR) is 86.1 cm³/mol. The molecule has 0 radical (unpaired) electrons. The minimum atomic E-state index is -0.157. The van der Waals surface area contributed by atoms with Gasteiger partial charge >= 0.3 is 0 Å². The molecule has 110 valence electrons. The maximum atomic E-state index is 12.0. The van der Waals surface area contributed by atoms with Crippen LogP contribution < -0.4 is 10.3 Å². The van der Waals surface area contributed by atoms with E-state index in [9.17, 15) is 4.79 Å². The zero-order chi connectivity index (χ0) is 15.4. The van der Waals surface area contributed by atoms with Gasteiger partial charge in [-0.2, -0.15) is 5.10 Å². The Morgan fingerprint density at radius 2 is 1.77 bits per heavy atom. The number of nitrogens with one attached hydrogen (secondary N) is 1. The number of aromatic nitrogens is 2. The summed E-state index contributed by atoms with van der Waals surface area (Å²) in [6.07, 6.45) is 0.557. The Labute approximate surface area is 128 Å². The lowest BCUT2D eigenvalue weighted by atomic mass is 10.0. The third-order valence-electron chi connectivity index (χ3n) is 3.50. The molecule has 0 bridgehead atoms. The van der Waals surface area contributed by atoms with Gasteiger partial charge in [0.15, 0.2) is 0 Å². The van der Waals surface area contributed by atoms with E-state index in [0.717, 1.165) is 22.6 Å². The fourth-order valence-corrected chi connectivity index (χ4v) is 2.30. The van der Waals surface area contributed by atoms with Crippen molar-refractivity contribution in [1.29, 1.82) is 0 Å². The molecule has 0 saturated heterocycles. The van der Waals surface area contributed by atoms with Crippen molar-refractivity contribution in [3.8, 4) is 17.0 Å². The molecular weight excluding hydrogens is 276 g/mol. The van der Waals surface area contributed by atoms with Gasteiger partial charge in [0.25, 0.3) is 5.56 Å². The highest BCUT2D eigenvalue weighted by Crippen LogP contribution is 2.17. The van der Waals surface area contributed by atoms with Gasteiger partial charge in [-0.25, -0.2) is 5.10 Å². The molecule has 2 aromatic carbocycles. The average molecular weight is 292 g/mol. The van der Waals surface area contributed by atoms with Gasteiger partial charge in [0.2, 0.25) is 0 Å². The van der Waals surface area contributed by atoms with E-state index in [1.165, 1.54) is 0 Å². The predicted octanol–water partition coefficient (Wildman–Crippen LogP) is 3.04. The Kier molecular flexibility index (Phi) is 4.01. The molecule has 0 saturated carbocycles. The first kappa shape index (κ1) is 14.1. The molecule has 3 aromatic rings. The van der Waals surface area contributed by atoms with Crippen LogP contribution in [0, 0.1) is 0 Å². The monoisotopic (exact) mass is 292 g/mol. The van der Waals surface area contributed by atoms with Crippen LogP contribution in [0.4, 0.5) is 0 Å². The lowest BCUT2D eigenvalue weighted by Gasteiger charge is -2.05. The van der Waals surface area contributed by atoms with Crippen LogP contribution in [-0.2, 0) is 6.42 Å². The molecule has 3 rings (SSSR count). The smallest absolute Gasteiger partial charge is 0.267 e. The Hall–Kier alpha value is -2.88. The second kappa shape index (κ2) is 6.26. The summed E-state index contributed by atoms with van der Waals surface area (Å²) in [7, 11) is 1.63. The van der Waals surface area contributed by atoms with Crippen molar-refractivity contribution in [2.75, 3.05) is 7.11 Å². The van der Waals surface area contributed by atoms with E-state index in [2.05, 4.69) is 10.2 Å². The van der Waals surface area contributed by atoms with Crippen molar-refractivity contribution >= 4 is 0 Å². The van der Waals surface area contributed by atoms with Gasteiger partial charge in [0, 0.05) is 17.5 Å². The molecule has 0 amide bonds. The average Bonchev–Trinajstić information content (AvgIpc) is 2.58. The zero-order valence-corrected chi connectivity index (χ0v) is 12.2. The van der Waals surface area contributed by atoms with Gasteiger partial charge in [0.05, 0.1) is 12.8 Å². The van der Waals surface area contributed by atoms with Gasteiger partial charge in [0.1, 0.15) is 5.75 Å². The van der Waals surface area contributed by atoms with E-state index >= 15 is 0 Å². The first-order chi connectivity index (χ1) is 10.8. The molecule has 4 nitrogen and oxygen atoms in total. The topological polar surface area (TPSA) is 55.0 Å². The van der Waals surface area contributed by atoms with Crippen molar-refractivity contribution in [2.24, 2.45) is 0 Å². The summed E-state index contributed by atoms with van der Waals surface area (Å²) < 4.78 is 5.14. The SMILES string of the molecule is COc1ccc(Cc2cc(-c3ccccc3)n[nH]c2=O)cc1. The number of nitrogens with zero attached hydrogens (tertiary/aromatic N) is 1. The van der Waals surface area contributed by atoms with E-state index in [1.807, 2.05) is 60.7 Å². The third kappa shape index (κ3) is 3.06. The molecule has 1 N–H and O–H groups in total. The lowest BCUT2D eigenvalue weighted by molar-refractivity contribution is 0.414. The maximum Gasteiger partial charge on any atom is 0.267 e. The normalized spacial score (nSPS) is 10.4. The van der Waals surface area contributed by atoms with Crippen LogP contribution in [0.1, 0.15) is 11.1 Å². The van der Waals surface area contributed by atoms with Crippen LogP contribution >= 0.6 is 0 Å². The van der Waals surface area contributed by atoms with Crippen molar-refractivity contribution in [3.63, 3.8) is 0 Å². The van der Waals surface area contributed by atoms with E-state index < -0.39 is 0 Å². The lowest BCUT2D eigenvalue weighted by Crippen LogP contribution is -2.14. The maximum absolute atomic E-state index is 12.0. The van der Waals surface area contributed by atoms with Crippen LogP contribution in [0.25, 0.3) is 11.3 Å². The second-order valence-electron chi connectivity index (χ2n) is 5.00. The summed E-state index contributed by atoms with van der Waals surface area (Å²) in [5.74, 6) is 0.803. The summed E-state index contributed by atoms with van der Waals surface area (Å²) in [4.78, 5) is 12.0. The first-order valence-corrected chi connectivity index (χ1v) is 7.03. The van der Waals surface area contributed by atoms with Gasteiger partial charge in [-0.05, 0) is 23.8 Å². The second-order valence-corrected chi connectivity index (χ2v) is 5.00. The zero-order valence-electron chi connectivity index (χ0n) is 12.2. The summed E-state index contributed by atoms with van der Waals surface area (Å²) in [6, 6.07) is 19.3. The number of benzene rings is 2. The Morgan fingerprint density at radius 3 is 2.45 bits per heavy atom. The van der Waals surface area contributed by atoms with Crippen molar-refractivity contribution in [3.05, 3.63) is 82.1 Å². The van der Waals surface area contributed by atoms with Crippen LogP contribution in [0.5, 0.6) is 5.75 Å². The quantitative estimate of drug-likeness (QED) is 0.804. The molecule has 22 heavy (non-hydrogen) atoms. The van der Waals surface area contributed by atoms with E-state index in [4.69, 9.17) is 4.74 Å². The van der Waals surface area contributed by atoms with E-state index in [0.29, 0.717) is 12.0 Å². The molecule has 0 unspecified atom stereocenters. The van der Waals surface area contributed by atoms with E-state index in [1.54, 1.807) is 7.11 Å². The fraction of sp³-hybridized carbons (Fsp3) is 0.111. The summed E-state index contributed by atoms with van der Waals surface area (Å²) >= 11 is 0. The number of hydrogen-bond donors (Lipinski definition) is 1. The Morgan fingerprint density at radius 1 is 1.05 bits per heavy atom. The van der Waals surface area contributed by atoms with Crippen LogP contribution in [0.2, 0.25) is 0 Å². The van der Waals surface area contributed by atoms with Crippen molar-refractivity contribution in [1.82, 2.24) is 10.2 Å². The number of rotatable bonds is 4. The molecule has 0 aliphatic carbocycles. The Balaban J connectivity index is 1.91. The summed E-state index contributed by atoms with van der Waals surface area (Å²) in [6.45, 7) is 0. The molecule has 0 spiro atoms. The number of ether oxygens (including phenoxy) is 1. The Bertz CT molecular complexity index is 808. The number of methoxy groups -OCH3 is 1. The van der Waals surface area contributed by atoms with Gasteiger partial charge in [-0.1, -0.05) is 42.5 Å². The molecule has 0 aliphatic heterocycles. The first-order valence-electron chi connectivity index (χ1n) is 7.03. The van der Waals surface area contributed by atoms with Crippen molar-refractivity contribution < 1.29 is 4.74 Å². The third-order valence-corrected chi connectivity index (χ3v) is 3.50.